The van der Waals surface area contributed by atoms with E-state index < -0.39 is 17.6 Å². The monoisotopic (exact) mass is 606 g/mol. The van der Waals surface area contributed by atoms with E-state index in [0.717, 1.165) is 45.5 Å². The number of carbonyl (C=O) groups is 2. The van der Waals surface area contributed by atoms with Gasteiger partial charge in [-0.05, 0) is 73.0 Å². The normalized spacial score (nSPS) is 15.1. The molecule has 1 aliphatic heterocycles. The number of fused-ring (bicyclic) bond motifs is 2. The van der Waals surface area contributed by atoms with Gasteiger partial charge in [-0.2, -0.15) is 4.68 Å². The second kappa shape index (κ2) is 11.5. The highest BCUT2D eigenvalue weighted by Gasteiger charge is 2.32. The van der Waals surface area contributed by atoms with Gasteiger partial charge in [-0.15, -0.1) is 16.4 Å². The van der Waals surface area contributed by atoms with Crippen LogP contribution in [0.4, 0.5) is 10.2 Å². The van der Waals surface area contributed by atoms with Gasteiger partial charge in [0, 0.05) is 40.0 Å². The number of anilines is 1. The van der Waals surface area contributed by atoms with E-state index in [4.69, 9.17) is 5.73 Å². The van der Waals surface area contributed by atoms with Gasteiger partial charge < -0.3 is 11.1 Å². The zero-order chi connectivity index (χ0) is 30.2. The van der Waals surface area contributed by atoms with Crippen molar-refractivity contribution in [3.05, 3.63) is 96.1 Å². The van der Waals surface area contributed by atoms with Crippen molar-refractivity contribution >= 4 is 50.2 Å². The molecule has 0 saturated carbocycles. The Balaban J connectivity index is 1.29. The minimum atomic E-state index is -0.676. The fraction of sp³-hybridized carbons (Fsp3) is 0.188. The molecule has 3 N–H and O–H groups in total. The van der Waals surface area contributed by atoms with E-state index >= 15 is 4.39 Å². The van der Waals surface area contributed by atoms with Gasteiger partial charge in [-0.1, -0.05) is 23.4 Å². The molecular formula is C32H27FN8O2S. The number of thiophene rings is 1. The van der Waals surface area contributed by atoms with Crippen molar-refractivity contribution in [2.45, 2.75) is 25.3 Å². The SMILES string of the molecule is NC(=O)Cc1cccc(-c2cc3c(N(C(=O)c4ccc(-n5nnc6cccnc65)cc4F)[C@@H]4CCCNC4)nccc3s2)c1. The Morgan fingerprint density at radius 3 is 2.80 bits per heavy atom. The molecule has 1 fully saturated rings. The summed E-state index contributed by atoms with van der Waals surface area (Å²) in [6.07, 6.45) is 5.07. The van der Waals surface area contributed by atoms with Crippen molar-refractivity contribution in [2.24, 2.45) is 5.73 Å². The number of carbonyl (C=O) groups excluding carboxylic acids is 2. The highest BCUT2D eigenvalue weighted by atomic mass is 32.1. The maximum absolute atomic E-state index is 15.8. The molecule has 1 aliphatic rings. The summed E-state index contributed by atoms with van der Waals surface area (Å²) in [6.45, 7) is 1.41. The van der Waals surface area contributed by atoms with E-state index in [2.05, 4.69) is 25.6 Å². The van der Waals surface area contributed by atoms with Gasteiger partial charge in [0.05, 0.1) is 23.7 Å². The summed E-state index contributed by atoms with van der Waals surface area (Å²) in [4.78, 5) is 37.4. The molecule has 44 heavy (non-hydrogen) atoms. The average molecular weight is 607 g/mol. The van der Waals surface area contributed by atoms with Crippen LogP contribution in [0.1, 0.15) is 28.8 Å². The molecule has 0 spiro atoms. The Labute approximate surface area is 255 Å². The summed E-state index contributed by atoms with van der Waals surface area (Å²) >= 11 is 1.56. The van der Waals surface area contributed by atoms with Crippen molar-refractivity contribution < 1.29 is 14.0 Å². The molecule has 2 amide bonds. The van der Waals surface area contributed by atoms with Crippen LogP contribution in [0.5, 0.6) is 0 Å². The van der Waals surface area contributed by atoms with Gasteiger partial charge in [0.15, 0.2) is 5.65 Å². The lowest BCUT2D eigenvalue weighted by Crippen LogP contribution is -2.49. The third-order valence-electron chi connectivity index (χ3n) is 7.73. The molecule has 1 saturated heterocycles. The Kier molecular flexibility index (Phi) is 7.28. The molecule has 2 aromatic carbocycles. The van der Waals surface area contributed by atoms with Crippen LogP contribution in [-0.2, 0) is 11.2 Å². The zero-order valence-corrected chi connectivity index (χ0v) is 24.3. The van der Waals surface area contributed by atoms with Crippen molar-refractivity contribution in [2.75, 3.05) is 18.0 Å². The lowest BCUT2D eigenvalue weighted by atomic mass is 10.0. The van der Waals surface area contributed by atoms with Crippen molar-refractivity contribution in [3.8, 4) is 16.1 Å². The van der Waals surface area contributed by atoms with Crippen LogP contribution in [0.2, 0.25) is 0 Å². The zero-order valence-electron chi connectivity index (χ0n) is 23.5. The number of nitrogens with zero attached hydrogens (tertiary/aromatic N) is 6. The first-order chi connectivity index (χ1) is 21.5. The highest BCUT2D eigenvalue weighted by Crippen LogP contribution is 2.39. The number of nitrogens with one attached hydrogen (secondary N) is 1. The first-order valence-corrected chi connectivity index (χ1v) is 15.0. The number of aromatic nitrogens is 5. The summed E-state index contributed by atoms with van der Waals surface area (Å²) in [5, 5.41) is 12.4. The second-order valence-corrected chi connectivity index (χ2v) is 11.8. The van der Waals surface area contributed by atoms with Crippen molar-refractivity contribution in [1.29, 1.82) is 0 Å². The van der Waals surface area contributed by atoms with Gasteiger partial charge >= 0.3 is 0 Å². The van der Waals surface area contributed by atoms with E-state index in [1.807, 2.05) is 36.4 Å². The number of hydrogen-bond donors (Lipinski definition) is 2. The number of rotatable bonds is 7. The molecule has 10 nitrogen and oxygen atoms in total. The number of halogens is 1. The molecule has 12 heteroatoms. The van der Waals surface area contributed by atoms with Crippen molar-refractivity contribution in [3.63, 3.8) is 0 Å². The molecule has 220 valence electrons. The smallest absolute Gasteiger partial charge is 0.262 e. The number of amides is 2. The van der Waals surface area contributed by atoms with E-state index in [9.17, 15) is 9.59 Å². The molecule has 0 aliphatic carbocycles. The van der Waals surface area contributed by atoms with Crippen LogP contribution in [0, 0.1) is 5.82 Å². The van der Waals surface area contributed by atoms with Crippen LogP contribution >= 0.6 is 11.3 Å². The van der Waals surface area contributed by atoms with Gasteiger partial charge in [-0.25, -0.2) is 14.4 Å². The standard InChI is InChI=1S/C32H27FN8O2S/c33-25-16-21(41-31-26(38-39-41)7-3-12-36-31)8-9-23(25)32(43)40(22-6-2-11-35-18-22)30-24-17-28(44-27(24)10-13-37-30)20-5-1-4-19(14-20)15-29(34)42/h1,3-5,7-10,12-14,16-17,22,35H,2,6,11,15,18H2,(H2,34,42)/t22-/m1/s1. The number of pyridine rings is 2. The Morgan fingerprint density at radius 1 is 1.07 bits per heavy atom. The van der Waals surface area contributed by atoms with Crippen LogP contribution in [0.3, 0.4) is 0 Å². The molecular weight excluding hydrogens is 579 g/mol. The number of piperidine rings is 1. The van der Waals surface area contributed by atoms with E-state index in [1.54, 1.807) is 46.8 Å². The number of primary amides is 1. The predicted molar refractivity (Wildman–Crippen MR) is 167 cm³/mol. The first-order valence-electron chi connectivity index (χ1n) is 14.2. The van der Waals surface area contributed by atoms with Crippen LogP contribution in [0.15, 0.2) is 79.1 Å². The number of benzene rings is 2. The van der Waals surface area contributed by atoms with E-state index in [0.29, 0.717) is 29.2 Å². The van der Waals surface area contributed by atoms with Gasteiger partial charge in [0.25, 0.3) is 5.91 Å². The van der Waals surface area contributed by atoms with Gasteiger partial charge in [0.1, 0.15) is 17.2 Å². The molecule has 0 unspecified atom stereocenters. The highest BCUT2D eigenvalue weighted by molar-refractivity contribution is 7.22. The average Bonchev–Trinajstić information content (AvgIpc) is 3.67. The lowest BCUT2D eigenvalue weighted by molar-refractivity contribution is -0.117. The summed E-state index contributed by atoms with van der Waals surface area (Å²) in [5.74, 6) is -1.07. The van der Waals surface area contributed by atoms with E-state index in [1.165, 1.54) is 16.8 Å². The molecule has 4 aromatic heterocycles. The van der Waals surface area contributed by atoms with Gasteiger partial charge in [0.2, 0.25) is 5.91 Å². The van der Waals surface area contributed by atoms with E-state index in [-0.39, 0.29) is 18.0 Å². The Hall–Kier alpha value is -5.07. The third-order valence-corrected chi connectivity index (χ3v) is 8.88. The third kappa shape index (κ3) is 5.18. The summed E-state index contributed by atoms with van der Waals surface area (Å²) in [5.41, 5.74) is 8.59. The molecule has 0 radical (unpaired) electrons. The maximum atomic E-state index is 15.8. The fourth-order valence-corrected chi connectivity index (χ4v) is 6.73. The van der Waals surface area contributed by atoms with Gasteiger partial charge in [-0.3, -0.25) is 14.5 Å². The second-order valence-electron chi connectivity index (χ2n) is 10.7. The molecule has 1 atom stereocenters. The summed E-state index contributed by atoms with van der Waals surface area (Å²) in [7, 11) is 0. The molecule has 7 rings (SSSR count). The maximum Gasteiger partial charge on any atom is 0.262 e. The molecule has 6 aromatic rings. The quantitative estimate of drug-likeness (QED) is 0.270. The first kappa shape index (κ1) is 27.7. The minimum absolute atomic E-state index is 0.0647. The number of hydrogen-bond acceptors (Lipinski definition) is 8. The largest absolute Gasteiger partial charge is 0.369 e. The lowest BCUT2D eigenvalue weighted by Gasteiger charge is -2.34. The fourth-order valence-electron chi connectivity index (χ4n) is 5.69. The Morgan fingerprint density at radius 2 is 1.98 bits per heavy atom. The minimum Gasteiger partial charge on any atom is -0.369 e. The Bertz CT molecular complexity index is 2030. The summed E-state index contributed by atoms with van der Waals surface area (Å²) < 4.78 is 18.2. The molecule has 0 bridgehead atoms. The van der Waals surface area contributed by atoms with Crippen LogP contribution in [0.25, 0.3) is 37.4 Å². The topological polar surface area (TPSA) is 132 Å². The number of nitrogens with two attached hydrogens (primary N) is 1. The predicted octanol–water partition coefficient (Wildman–Crippen LogP) is 4.66. The van der Waals surface area contributed by atoms with Crippen molar-refractivity contribution in [1.82, 2.24) is 30.3 Å². The van der Waals surface area contributed by atoms with Crippen LogP contribution < -0.4 is 16.0 Å². The summed E-state index contributed by atoms with van der Waals surface area (Å²) in [6, 6.07) is 19.3. The van der Waals surface area contributed by atoms with Crippen LogP contribution in [-0.4, -0.2) is 55.9 Å². The molecule has 5 heterocycles.